The van der Waals surface area contributed by atoms with Crippen molar-refractivity contribution in [1.82, 2.24) is 10.2 Å². The number of aryl methyl sites for hydroxylation is 1. The van der Waals surface area contributed by atoms with Crippen molar-refractivity contribution in [1.29, 1.82) is 0 Å². The first-order chi connectivity index (χ1) is 15.6. The fourth-order valence-electron chi connectivity index (χ4n) is 2.77. The average Bonchev–Trinajstić information content (AvgIpc) is 3.25. The Balaban J connectivity index is 1.99. The number of methoxy groups -OCH3 is 1. The van der Waals surface area contributed by atoms with Crippen molar-refractivity contribution in [3.05, 3.63) is 58.1 Å². The number of nitrogens with one attached hydrogen (secondary N) is 1. The molecule has 11 nitrogen and oxygen atoms in total. The Morgan fingerprint density at radius 1 is 1.24 bits per heavy atom. The summed E-state index contributed by atoms with van der Waals surface area (Å²) >= 11 is 2.51. The Hall–Kier alpha value is -3.23. The van der Waals surface area contributed by atoms with E-state index in [0.29, 0.717) is 15.7 Å². The highest BCUT2D eigenvalue weighted by Gasteiger charge is 2.29. The van der Waals surface area contributed by atoms with Crippen molar-refractivity contribution in [3.63, 3.8) is 0 Å². The summed E-state index contributed by atoms with van der Waals surface area (Å²) in [5.74, 6) is -0.162. The Morgan fingerprint density at radius 3 is 2.52 bits per heavy atom. The van der Waals surface area contributed by atoms with E-state index in [1.807, 2.05) is 6.26 Å². The number of carbonyl (C=O) groups excluding carboxylic acids is 1. The average molecular weight is 510 g/mol. The lowest BCUT2D eigenvalue weighted by Gasteiger charge is -2.24. The summed E-state index contributed by atoms with van der Waals surface area (Å²) in [7, 11) is -2.88. The van der Waals surface area contributed by atoms with E-state index in [-0.39, 0.29) is 21.4 Å². The summed E-state index contributed by atoms with van der Waals surface area (Å²) in [6.07, 6.45) is 1.81. The van der Waals surface area contributed by atoms with E-state index in [4.69, 9.17) is 4.74 Å². The molecule has 174 valence electrons. The first-order valence-electron chi connectivity index (χ1n) is 9.25. The number of anilines is 2. The van der Waals surface area contributed by atoms with Gasteiger partial charge in [-0.05, 0) is 43.5 Å². The molecule has 3 rings (SSSR count). The molecule has 0 aliphatic rings. The SMILES string of the molecule is COc1ccc(N(CC(=O)Nc2nnc(SC)s2)S(=O)(=O)c2ccc(C)c([N+](=O)[O-])c2)cc1. The summed E-state index contributed by atoms with van der Waals surface area (Å²) < 4.78 is 33.6. The maximum Gasteiger partial charge on any atom is 0.273 e. The van der Waals surface area contributed by atoms with Crippen molar-refractivity contribution >= 4 is 55.5 Å². The Bertz CT molecular complexity index is 1280. The van der Waals surface area contributed by atoms with Crippen LogP contribution < -0.4 is 14.4 Å². The van der Waals surface area contributed by atoms with Gasteiger partial charge in [-0.15, -0.1) is 10.2 Å². The minimum absolute atomic E-state index is 0.177. The molecule has 0 aliphatic heterocycles. The lowest BCUT2D eigenvalue weighted by Crippen LogP contribution is -2.38. The Morgan fingerprint density at radius 2 is 1.94 bits per heavy atom. The molecule has 14 heteroatoms. The summed E-state index contributed by atoms with van der Waals surface area (Å²) in [5.41, 5.74) is 0.151. The summed E-state index contributed by atoms with van der Waals surface area (Å²) in [5, 5.41) is 21.8. The molecule has 1 N–H and O–H groups in total. The highest BCUT2D eigenvalue weighted by molar-refractivity contribution is 8.00. The second-order valence-electron chi connectivity index (χ2n) is 6.54. The number of hydrogen-bond donors (Lipinski definition) is 1. The highest BCUT2D eigenvalue weighted by atomic mass is 32.2. The van der Waals surface area contributed by atoms with E-state index < -0.39 is 27.4 Å². The monoisotopic (exact) mass is 509 g/mol. The molecular formula is C19H19N5O6S3. The van der Waals surface area contributed by atoms with Crippen LogP contribution in [-0.2, 0) is 14.8 Å². The van der Waals surface area contributed by atoms with Gasteiger partial charge in [0.1, 0.15) is 12.3 Å². The fourth-order valence-corrected chi connectivity index (χ4v) is 5.40. The molecule has 0 radical (unpaired) electrons. The summed E-state index contributed by atoms with van der Waals surface area (Å²) in [6, 6.07) is 9.64. The molecule has 2 aromatic carbocycles. The van der Waals surface area contributed by atoms with Crippen LogP contribution in [-0.4, -0.2) is 49.4 Å². The van der Waals surface area contributed by atoms with Crippen LogP contribution in [0.25, 0.3) is 0 Å². The van der Waals surface area contributed by atoms with Crippen LogP contribution in [0.3, 0.4) is 0 Å². The molecule has 3 aromatic rings. The lowest BCUT2D eigenvalue weighted by molar-refractivity contribution is -0.385. The van der Waals surface area contributed by atoms with Gasteiger partial charge in [0, 0.05) is 11.6 Å². The standard InChI is InChI=1S/C19H19N5O6S3/c1-12-4-9-15(10-16(12)24(26)27)33(28,29)23(13-5-7-14(30-2)8-6-13)11-17(25)20-18-21-22-19(31-3)32-18/h4-10H,11H2,1-3H3,(H,20,21,25). The third-order valence-corrected chi connectivity index (χ3v) is 8.02. The number of amides is 1. The smallest absolute Gasteiger partial charge is 0.273 e. The van der Waals surface area contributed by atoms with Crippen LogP contribution in [0.4, 0.5) is 16.5 Å². The first-order valence-corrected chi connectivity index (χ1v) is 12.7. The van der Waals surface area contributed by atoms with Crippen molar-refractivity contribution in [2.75, 3.05) is 29.5 Å². The minimum Gasteiger partial charge on any atom is -0.497 e. The number of thioether (sulfide) groups is 1. The maximum atomic E-state index is 13.5. The van der Waals surface area contributed by atoms with E-state index >= 15 is 0 Å². The molecule has 0 bridgehead atoms. The molecule has 0 fully saturated rings. The second kappa shape index (κ2) is 10.1. The third-order valence-electron chi connectivity index (χ3n) is 4.44. The number of rotatable bonds is 9. The minimum atomic E-state index is -4.34. The molecular weight excluding hydrogens is 490 g/mol. The predicted molar refractivity (Wildman–Crippen MR) is 126 cm³/mol. The molecule has 1 amide bonds. The van der Waals surface area contributed by atoms with Gasteiger partial charge in [0.25, 0.3) is 15.7 Å². The van der Waals surface area contributed by atoms with E-state index in [0.717, 1.165) is 21.7 Å². The highest BCUT2D eigenvalue weighted by Crippen LogP contribution is 2.29. The lowest BCUT2D eigenvalue weighted by atomic mass is 10.2. The number of nitro benzene ring substituents is 1. The number of aromatic nitrogens is 2. The van der Waals surface area contributed by atoms with Gasteiger partial charge < -0.3 is 4.74 Å². The van der Waals surface area contributed by atoms with Crippen molar-refractivity contribution in [3.8, 4) is 5.75 Å². The normalized spacial score (nSPS) is 11.1. The van der Waals surface area contributed by atoms with E-state index in [1.54, 1.807) is 12.1 Å². The number of ether oxygens (including phenoxy) is 1. The quantitative estimate of drug-likeness (QED) is 0.199. The van der Waals surface area contributed by atoms with Gasteiger partial charge >= 0.3 is 0 Å². The summed E-state index contributed by atoms with van der Waals surface area (Å²) in [6.45, 7) is 0.915. The van der Waals surface area contributed by atoms with Gasteiger partial charge in [-0.25, -0.2) is 8.42 Å². The molecule has 0 saturated heterocycles. The van der Waals surface area contributed by atoms with Gasteiger partial charge in [0.15, 0.2) is 4.34 Å². The van der Waals surface area contributed by atoms with Crippen LogP contribution >= 0.6 is 23.1 Å². The topological polar surface area (TPSA) is 145 Å². The van der Waals surface area contributed by atoms with Crippen LogP contribution in [0.5, 0.6) is 5.75 Å². The zero-order valence-corrected chi connectivity index (χ0v) is 20.2. The molecule has 0 spiro atoms. The van der Waals surface area contributed by atoms with E-state index in [9.17, 15) is 23.3 Å². The van der Waals surface area contributed by atoms with Gasteiger partial charge in [-0.1, -0.05) is 29.2 Å². The van der Waals surface area contributed by atoms with Gasteiger partial charge in [0.2, 0.25) is 11.0 Å². The van der Waals surface area contributed by atoms with Crippen LogP contribution in [0.2, 0.25) is 0 Å². The van der Waals surface area contributed by atoms with Crippen molar-refractivity contribution in [2.45, 2.75) is 16.2 Å². The predicted octanol–water partition coefficient (Wildman–Crippen LogP) is 3.32. The number of carbonyl (C=O) groups is 1. The van der Waals surface area contributed by atoms with E-state index in [1.165, 1.54) is 50.1 Å². The first kappa shape index (κ1) is 24.4. The Kier molecular flexibility index (Phi) is 7.50. The fraction of sp³-hybridized carbons (Fsp3) is 0.211. The second-order valence-corrected chi connectivity index (χ2v) is 10.4. The number of sulfonamides is 1. The van der Waals surface area contributed by atoms with Crippen LogP contribution in [0.15, 0.2) is 51.7 Å². The molecule has 0 saturated carbocycles. The maximum absolute atomic E-state index is 13.5. The largest absolute Gasteiger partial charge is 0.497 e. The zero-order valence-electron chi connectivity index (χ0n) is 17.7. The van der Waals surface area contributed by atoms with Gasteiger partial charge in [-0.2, -0.15) is 0 Å². The number of benzene rings is 2. The number of nitro groups is 1. The van der Waals surface area contributed by atoms with E-state index in [2.05, 4.69) is 15.5 Å². The molecule has 33 heavy (non-hydrogen) atoms. The molecule has 0 atom stereocenters. The zero-order chi connectivity index (χ0) is 24.2. The molecule has 1 aromatic heterocycles. The van der Waals surface area contributed by atoms with Crippen molar-refractivity contribution in [2.24, 2.45) is 0 Å². The summed E-state index contributed by atoms with van der Waals surface area (Å²) in [4.78, 5) is 23.1. The van der Waals surface area contributed by atoms with Gasteiger partial charge in [0.05, 0.1) is 22.6 Å². The molecule has 0 unspecified atom stereocenters. The van der Waals surface area contributed by atoms with Crippen LogP contribution in [0.1, 0.15) is 5.56 Å². The van der Waals surface area contributed by atoms with Crippen LogP contribution in [0, 0.1) is 17.0 Å². The number of nitrogens with zero attached hydrogens (tertiary/aromatic N) is 4. The number of hydrogen-bond acceptors (Lipinski definition) is 10. The van der Waals surface area contributed by atoms with Gasteiger partial charge in [-0.3, -0.25) is 24.5 Å². The Labute approximate surface area is 198 Å². The molecule has 1 heterocycles. The molecule has 0 aliphatic carbocycles. The van der Waals surface area contributed by atoms with Crippen molar-refractivity contribution < 1.29 is 22.9 Å². The third kappa shape index (κ3) is 5.58.